The number of hydrogen-bond acceptors (Lipinski definition) is 8. The number of nitrogens with one attached hydrogen (secondary N) is 1. The third kappa shape index (κ3) is 4.55. The molecular weight excluding hydrogens is 468 g/mol. The van der Waals surface area contributed by atoms with Crippen LogP contribution < -0.4 is 9.64 Å². The topological polar surface area (TPSA) is 96.7 Å². The molecule has 194 valence electrons. The minimum absolute atomic E-state index is 0.236. The quantitative estimate of drug-likeness (QED) is 0.427. The smallest absolute Gasteiger partial charge is 0.197 e. The molecule has 1 atom stereocenters. The van der Waals surface area contributed by atoms with E-state index in [2.05, 4.69) is 51.0 Å². The number of piperazine rings is 1. The van der Waals surface area contributed by atoms with Gasteiger partial charge in [-0.2, -0.15) is 10.2 Å². The second-order valence-corrected chi connectivity index (χ2v) is 10.1. The summed E-state index contributed by atoms with van der Waals surface area (Å²) in [7, 11) is 1.64. The zero-order chi connectivity index (χ0) is 25.4. The summed E-state index contributed by atoms with van der Waals surface area (Å²) < 4.78 is 13.0. The fourth-order valence-corrected chi connectivity index (χ4v) is 5.58. The number of pyridine rings is 2. The third-order valence-corrected chi connectivity index (χ3v) is 7.55. The number of ether oxygens (including phenoxy) is 2. The van der Waals surface area contributed by atoms with Crippen molar-refractivity contribution in [1.29, 1.82) is 0 Å². The molecule has 6 heterocycles. The van der Waals surface area contributed by atoms with Crippen molar-refractivity contribution in [3.05, 3.63) is 42.5 Å². The van der Waals surface area contributed by atoms with Gasteiger partial charge in [0, 0.05) is 56.2 Å². The van der Waals surface area contributed by atoms with Gasteiger partial charge in [0.05, 0.1) is 37.0 Å². The summed E-state index contributed by atoms with van der Waals surface area (Å²) in [6, 6.07) is 6.81. The second-order valence-electron chi connectivity index (χ2n) is 10.1. The van der Waals surface area contributed by atoms with Crippen LogP contribution in [-0.4, -0.2) is 87.2 Å². The van der Waals surface area contributed by atoms with Crippen molar-refractivity contribution in [2.75, 3.05) is 51.4 Å². The molecule has 2 saturated heterocycles. The highest BCUT2D eigenvalue weighted by molar-refractivity contribution is 5.75. The average Bonchev–Trinajstić information content (AvgIpc) is 3.61. The molecule has 4 aromatic heterocycles. The molecule has 0 aromatic carbocycles. The van der Waals surface area contributed by atoms with Crippen molar-refractivity contribution < 1.29 is 9.47 Å². The normalized spacial score (nSPS) is 19.1. The van der Waals surface area contributed by atoms with E-state index in [-0.39, 0.29) is 5.92 Å². The van der Waals surface area contributed by atoms with Crippen molar-refractivity contribution in [2.45, 2.75) is 38.6 Å². The number of anilines is 1. The van der Waals surface area contributed by atoms with Gasteiger partial charge >= 0.3 is 0 Å². The molecule has 0 amide bonds. The third-order valence-electron chi connectivity index (χ3n) is 7.55. The molecule has 4 aromatic rings. The van der Waals surface area contributed by atoms with E-state index in [0.717, 1.165) is 73.3 Å². The number of aromatic nitrogens is 6. The van der Waals surface area contributed by atoms with Gasteiger partial charge in [0.25, 0.3) is 0 Å². The Morgan fingerprint density at radius 3 is 2.70 bits per heavy atom. The van der Waals surface area contributed by atoms with Crippen LogP contribution in [0, 0.1) is 0 Å². The Kier molecular flexibility index (Phi) is 6.52. The van der Waals surface area contributed by atoms with Gasteiger partial charge < -0.3 is 14.4 Å². The largest absolute Gasteiger partial charge is 0.493 e. The lowest BCUT2D eigenvalue weighted by Crippen LogP contribution is -2.52. The number of aromatic amines is 1. The molecule has 1 unspecified atom stereocenters. The summed E-state index contributed by atoms with van der Waals surface area (Å²) in [6.45, 7) is 10.3. The molecule has 0 spiro atoms. The number of nitrogens with zero attached hydrogens (tertiary/aromatic N) is 7. The van der Waals surface area contributed by atoms with Crippen LogP contribution in [0.15, 0.2) is 36.9 Å². The van der Waals surface area contributed by atoms with E-state index in [1.165, 1.54) is 19.2 Å². The van der Waals surface area contributed by atoms with Gasteiger partial charge in [-0.1, -0.05) is 13.8 Å². The number of hydrogen-bond donors (Lipinski definition) is 1. The minimum Gasteiger partial charge on any atom is -0.493 e. The van der Waals surface area contributed by atoms with Crippen LogP contribution in [0.4, 0.5) is 5.69 Å². The molecular formula is C27H34N8O2. The Balaban J connectivity index is 1.23. The molecule has 0 aliphatic carbocycles. The first-order valence-corrected chi connectivity index (χ1v) is 13.1. The van der Waals surface area contributed by atoms with Crippen molar-refractivity contribution in [1.82, 2.24) is 34.7 Å². The van der Waals surface area contributed by atoms with E-state index < -0.39 is 0 Å². The fourth-order valence-electron chi connectivity index (χ4n) is 5.58. The van der Waals surface area contributed by atoms with Gasteiger partial charge in [-0.15, -0.1) is 0 Å². The lowest BCUT2D eigenvalue weighted by Gasteiger charge is -2.41. The zero-order valence-corrected chi connectivity index (χ0v) is 21.7. The van der Waals surface area contributed by atoms with Crippen molar-refractivity contribution in [3.63, 3.8) is 0 Å². The van der Waals surface area contributed by atoms with Gasteiger partial charge in [-0.05, 0) is 37.0 Å². The van der Waals surface area contributed by atoms with Gasteiger partial charge in [0.1, 0.15) is 12.0 Å². The van der Waals surface area contributed by atoms with Gasteiger partial charge in [-0.25, -0.2) is 9.50 Å². The van der Waals surface area contributed by atoms with Gasteiger partial charge in [0.2, 0.25) is 0 Å². The molecule has 0 saturated carbocycles. The predicted molar refractivity (Wildman–Crippen MR) is 142 cm³/mol. The van der Waals surface area contributed by atoms with Gasteiger partial charge in [0.15, 0.2) is 11.4 Å². The van der Waals surface area contributed by atoms with E-state index in [0.29, 0.717) is 17.4 Å². The van der Waals surface area contributed by atoms with Crippen molar-refractivity contribution in [3.8, 4) is 28.4 Å². The standard InChI is InChI=1S/C27H34N8O2/c1-18(2)24-25(19-13-23(36-3)27-29-17-30-35(27)15-19)31-32-26(24)22-7-6-20(14-28-22)33-8-10-34(11-9-33)21-5-4-12-37-16-21/h6-7,13-15,17-18,21H,4-5,8-12,16H2,1-3H3,(H,31,32). The number of methoxy groups -OCH3 is 1. The van der Waals surface area contributed by atoms with Crippen LogP contribution in [-0.2, 0) is 4.74 Å². The molecule has 0 radical (unpaired) electrons. The maximum Gasteiger partial charge on any atom is 0.197 e. The number of H-pyrrole nitrogens is 1. The first-order valence-electron chi connectivity index (χ1n) is 13.1. The van der Waals surface area contributed by atoms with Gasteiger partial charge in [-0.3, -0.25) is 15.0 Å². The summed E-state index contributed by atoms with van der Waals surface area (Å²) in [5.41, 5.74) is 6.57. The Morgan fingerprint density at radius 1 is 1.14 bits per heavy atom. The molecule has 6 rings (SSSR count). The second kappa shape index (κ2) is 10.1. The Morgan fingerprint density at radius 2 is 2.00 bits per heavy atom. The highest BCUT2D eigenvalue weighted by Crippen LogP contribution is 2.36. The minimum atomic E-state index is 0.236. The molecule has 2 aliphatic heterocycles. The molecule has 0 bridgehead atoms. The predicted octanol–water partition coefficient (Wildman–Crippen LogP) is 3.61. The summed E-state index contributed by atoms with van der Waals surface area (Å²) in [6.07, 6.45) is 7.88. The molecule has 2 fully saturated rings. The lowest BCUT2D eigenvalue weighted by atomic mass is 9.96. The maximum absolute atomic E-state index is 5.70. The van der Waals surface area contributed by atoms with Crippen LogP contribution in [0.25, 0.3) is 28.3 Å². The van der Waals surface area contributed by atoms with Crippen LogP contribution in [0.5, 0.6) is 5.75 Å². The summed E-state index contributed by atoms with van der Waals surface area (Å²) in [4.78, 5) is 14.1. The van der Waals surface area contributed by atoms with Crippen LogP contribution in [0.1, 0.15) is 38.2 Å². The van der Waals surface area contributed by atoms with Crippen LogP contribution in [0.2, 0.25) is 0 Å². The van der Waals surface area contributed by atoms with Crippen LogP contribution in [0.3, 0.4) is 0 Å². The van der Waals surface area contributed by atoms with Crippen molar-refractivity contribution >= 4 is 11.3 Å². The Hall–Kier alpha value is -3.50. The molecule has 37 heavy (non-hydrogen) atoms. The fraction of sp³-hybridized carbons (Fsp3) is 0.481. The van der Waals surface area contributed by atoms with E-state index in [9.17, 15) is 0 Å². The van der Waals surface area contributed by atoms with E-state index in [1.807, 2.05) is 18.5 Å². The number of rotatable bonds is 6. The van der Waals surface area contributed by atoms with E-state index in [4.69, 9.17) is 19.6 Å². The summed E-state index contributed by atoms with van der Waals surface area (Å²) in [5.74, 6) is 0.902. The maximum atomic E-state index is 5.70. The Bertz CT molecular complexity index is 1350. The molecule has 2 aliphatic rings. The Labute approximate surface area is 216 Å². The lowest BCUT2D eigenvalue weighted by molar-refractivity contribution is 0.0159. The molecule has 10 heteroatoms. The summed E-state index contributed by atoms with van der Waals surface area (Å²) >= 11 is 0. The van der Waals surface area contributed by atoms with E-state index >= 15 is 0 Å². The SMILES string of the molecule is COc1cc(-c2[nH]nc(-c3ccc(N4CCN(C5CCCOC5)CC4)cn3)c2C(C)C)cn2ncnc12. The monoisotopic (exact) mass is 502 g/mol. The summed E-state index contributed by atoms with van der Waals surface area (Å²) in [5, 5.41) is 12.3. The van der Waals surface area contributed by atoms with Crippen LogP contribution >= 0.6 is 0 Å². The van der Waals surface area contributed by atoms with E-state index in [1.54, 1.807) is 11.6 Å². The van der Waals surface area contributed by atoms with Crippen molar-refractivity contribution in [2.24, 2.45) is 0 Å². The highest BCUT2D eigenvalue weighted by atomic mass is 16.5. The molecule has 10 nitrogen and oxygen atoms in total. The first kappa shape index (κ1) is 23.9. The number of fused-ring (bicyclic) bond motifs is 1. The zero-order valence-electron chi connectivity index (χ0n) is 21.7. The highest BCUT2D eigenvalue weighted by Gasteiger charge is 2.26. The first-order chi connectivity index (χ1) is 18.1. The molecule has 1 N–H and O–H groups in total. The average molecular weight is 503 g/mol.